The number of methoxy groups -OCH3 is 1. The summed E-state index contributed by atoms with van der Waals surface area (Å²) in [6, 6.07) is 7.92. The number of hydrogen-bond donors (Lipinski definition) is 3. The molecule has 3 N–H and O–H groups in total. The highest BCUT2D eigenvalue weighted by Crippen LogP contribution is 2.36. The Balaban J connectivity index is 1.57. The molecule has 0 saturated heterocycles. The van der Waals surface area contributed by atoms with Gasteiger partial charge in [-0.1, -0.05) is 6.42 Å². The summed E-state index contributed by atoms with van der Waals surface area (Å²) in [6.45, 7) is 0. The van der Waals surface area contributed by atoms with E-state index in [-0.39, 0.29) is 0 Å². The molecule has 0 atom stereocenters. The minimum Gasteiger partial charge on any atom is -0.497 e. The van der Waals surface area contributed by atoms with Crippen LogP contribution in [0.1, 0.15) is 30.9 Å². The van der Waals surface area contributed by atoms with Gasteiger partial charge in [-0.15, -0.1) is 0 Å². The van der Waals surface area contributed by atoms with Crippen LogP contribution in [0.2, 0.25) is 0 Å². The number of hydrogen-bond acceptors (Lipinski definition) is 5. The van der Waals surface area contributed by atoms with Gasteiger partial charge >= 0.3 is 0 Å². The molecule has 5 rings (SSSR count). The zero-order valence-electron chi connectivity index (χ0n) is 13.8. The quantitative estimate of drug-likeness (QED) is 0.527. The SMILES string of the molecule is COc1ccc2nc(Nc3cc(C4CCC4)[nH]n3)c3[nH]ncc3c2c1. The number of rotatable bonds is 4. The van der Waals surface area contributed by atoms with Gasteiger partial charge in [0.15, 0.2) is 11.6 Å². The second-order valence-electron chi connectivity index (χ2n) is 6.46. The second-order valence-corrected chi connectivity index (χ2v) is 6.46. The van der Waals surface area contributed by atoms with Crippen LogP contribution in [0.5, 0.6) is 5.75 Å². The van der Waals surface area contributed by atoms with E-state index in [9.17, 15) is 0 Å². The molecule has 7 heteroatoms. The van der Waals surface area contributed by atoms with Gasteiger partial charge in [0, 0.05) is 28.5 Å². The predicted octanol–water partition coefficient (Wildman–Crippen LogP) is 3.85. The fourth-order valence-corrected chi connectivity index (χ4v) is 3.34. The molecule has 3 heterocycles. The van der Waals surface area contributed by atoms with Crippen molar-refractivity contribution >= 4 is 33.4 Å². The van der Waals surface area contributed by atoms with Crippen LogP contribution < -0.4 is 10.1 Å². The first-order valence-electron chi connectivity index (χ1n) is 8.45. The van der Waals surface area contributed by atoms with Crippen molar-refractivity contribution in [3.8, 4) is 5.75 Å². The first-order chi connectivity index (χ1) is 12.3. The minimum absolute atomic E-state index is 0.618. The molecule has 0 radical (unpaired) electrons. The first-order valence-corrected chi connectivity index (χ1v) is 8.45. The van der Waals surface area contributed by atoms with Gasteiger partial charge in [0.05, 0.1) is 18.8 Å². The molecule has 7 nitrogen and oxygen atoms in total. The molecular weight excluding hydrogens is 316 g/mol. The fraction of sp³-hybridized carbons (Fsp3) is 0.278. The van der Waals surface area contributed by atoms with E-state index >= 15 is 0 Å². The summed E-state index contributed by atoms with van der Waals surface area (Å²) >= 11 is 0. The lowest BCUT2D eigenvalue weighted by Crippen LogP contribution is -2.08. The molecule has 1 aromatic carbocycles. The number of nitrogens with zero attached hydrogens (tertiary/aromatic N) is 3. The molecular formula is C18H18N6O. The molecule has 0 aliphatic heterocycles. The third kappa shape index (κ3) is 2.31. The Labute approximate surface area is 143 Å². The van der Waals surface area contributed by atoms with Gasteiger partial charge in [0.25, 0.3) is 0 Å². The Morgan fingerprint density at radius 3 is 2.88 bits per heavy atom. The maximum atomic E-state index is 5.33. The summed E-state index contributed by atoms with van der Waals surface area (Å²) in [4.78, 5) is 4.74. The van der Waals surface area contributed by atoms with Crippen molar-refractivity contribution in [2.75, 3.05) is 12.4 Å². The summed E-state index contributed by atoms with van der Waals surface area (Å²) in [5, 5.41) is 20.1. The smallest absolute Gasteiger partial charge is 0.158 e. The number of aromatic amines is 2. The van der Waals surface area contributed by atoms with Crippen molar-refractivity contribution in [1.82, 2.24) is 25.4 Å². The van der Waals surface area contributed by atoms with E-state index in [1.807, 2.05) is 24.4 Å². The van der Waals surface area contributed by atoms with Crippen LogP contribution in [0, 0.1) is 0 Å². The lowest BCUT2D eigenvalue weighted by molar-refractivity contribution is 0.410. The van der Waals surface area contributed by atoms with Crippen LogP contribution in [-0.4, -0.2) is 32.5 Å². The van der Waals surface area contributed by atoms with Crippen LogP contribution in [-0.2, 0) is 0 Å². The molecule has 1 saturated carbocycles. The first kappa shape index (κ1) is 14.3. The summed E-state index contributed by atoms with van der Waals surface area (Å²) in [5.74, 6) is 2.91. The average Bonchev–Trinajstić information content (AvgIpc) is 3.23. The van der Waals surface area contributed by atoms with Crippen molar-refractivity contribution in [3.05, 3.63) is 36.2 Å². The van der Waals surface area contributed by atoms with E-state index in [0.29, 0.717) is 5.92 Å². The van der Waals surface area contributed by atoms with E-state index in [0.717, 1.165) is 39.2 Å². The number of benzene rings is 1. The fourth-order valence-electron chi connectivity index (χ4n) is 3.34. The number of fused-ring (bicyclic) bond motifs is 3. The molecule has 1 aliphatic rings. The van der Waals surface area contributed by atoms with Gasteiger partial charge in [-0.3, -0.25) is 10.2 Å². The van der Waals surface area contributed by atoms with Gasteiger partial charge in [-0.05, 0) is 31.0 Å². The highest BCUT2D eigenvalue weighted by atomic mass is 16.5. The summed E-state index contributed by atoms with van der Waals surface area (Å²) in [6.07, 6.45) is 5.59. The normalized spacial score (nSPS) is 14.8. The van der Waals surface area contributed by atoms with Crippen molar-refractivity contribution in [1.29, 1.82) is 0 Å². The highest BCUT2D eigenvalue weighted by Gasteiger charge is 2.22. The Hall–Kier alpha value is -3.09. The van der Waals surface area contributed by atoms with E-state index in [4.69, 9.17) is 9.72 Å². The molecule has 4 aromatic rings. The van der Waals surface area contributed by atoms with E-state index in [2.05, 4.69) is 31.8 Å². The van der Waals surface area contributed by atoms with Crippen LogP contribution in [0.15, 0.2) is 30.5 Å². The number of pyridine rings is 1. The van der Waals surface area contributed by atoms with Crippen molar-refractivity contribution in [2.24, 2.45) is 0 Å². The van der Waals surface area contributed by atoms with Gasteiger partial charge in [-0.25, -0.2) is 4.98 Å². The Morgan fingerprint density at radius 2 is 2.08 bits per heavy atom. The molecule has 126 valence electrons. The Kier molecular flexibility index (Phi) is 3.12. The van der Waals surface area contributed by atoms with Crippen molar-refractivity contribution in [2.45, 2.75) is 25.2 Å². The lowest BCUT2D eigenvalue weighted by atomic mass is 9.83. The van der Waals surface area contributed by atoms with Crippen LogP contribution >= 0.6 is 0 Å². The Morgan fingerprint density at radius 1 is 1.16 bits per heavy atom. The molecule has 1 aliphatic carbocycles. The van der Waals surface area contributed by atoms with Crippen LogP contribution in [0.25, 0.3) is 21.8 Å². The monoisotopic (exact) mass is 334 g/mol. The molecule has 0 bridgehead atoms. The average molecular weight is 334 g/mol. The highest BCUT2D eigenvalue weighted by molar-refractivity contribution is 6.09. The molecule has 1 fully saturated rings. The molecule has 0 spiro atoms. The maximum Gasteiger partial charge on any atom is 0.158 e. The molecule has 25 heavy (non-hydrogen) atoms. The zero-order valence-corrected chi connectivity index (χ0v) is 13.8. The minimum atomic E-state index is 0.618. The largest absolute Gasteiger partial charge is 0.497 e. The van der Waals surface area contributed by atoms with Gasteiger partial charge in [0.2, 0.25) is 0 Å². The Bertz CT molecular complexity index is 1060. The summed E-state index contributed by atoms with van der Waals surface area (Å²) in [7, 11) is 1.66. The third-order valence-corrected chi connectivity index (χ3v) is 4.99. The molecule has 0 unspecified atom stereocenters. The van der Waals surface area contributed by atoms with E-state index in [1.165, 1.54) is 25.0 Å². The van der Waals surface area contributed by atoms with Crippen molar-refractivity contribution < 1.29 is 4.74 Å². The summed E-state index contributed by atoms with van der Waals surface area (Å²) in [5.41, 5.74) is 2.93. The van der Waals surface area contributed by atoms with E-state index in [1.54, 1.807) is 7.11 Å². The van der Waals surface area contributed by atoms with Crippen LogP contribution in [0.4, 0.5) is 11.6 Å². The number of aromatic nitrogens is 5. The summed E-state index contributed by atoms with van der Waals surface area (Å²) < 4.78 is 5.33. The molecule has 3 aromatic heterocycles. The van der Waals surface area contributed by atoms with Crippen LogP contribution in [0.3, 0.4) is 0 Å². The van der Waals surface area contributed by atoms with Gasteiger partial charge in [0.1, 0.15) is 11.3 Å². The van der Waals surface area contributed by atoms with Gasteiger partial charge in [-0.2, -0.15) is 10.2 Å². The third-order valence-electron chi connectivity index (χ3n) is 4.99. The van der Waals surface area contributed by atoms with Crippen molar-refractivity contribution in [3.63, 3.8) is 0 Å². The lowest BCUT2D eigenvalue weighted by Gasteiger charge is -2.23. The number of H-pyrrole nitrogens is 2. The standard InChI is InChI=1S/C18H18N6O/c1-25-11-5-6-14-12(7-11)13-9-19-24-17(13)18(20-14)21-16-8-15(22-23-16)10-3-2-4-10/h5-10H,2-4H2,1H3,(H,19,24)(H2,20,21,22,23). The zero-order chi connectivity index (χ0) is 16.8. The number of anilines is 2. The number of ether oxygens (including phenoxy) is 1. The number of nitrogens with one attached hydrogen (secondary N) is 3. The maximum absolute atomic E-state index is 5.33. The second kappa shape index (κ2) is 5.47. The molecule has 0 amide bonds. The topological polar surface area (TPSA) is 91.5 Å². The van der Waals surface area contributed by atoms with E-state index < -0.39 is 0 Å². The predicted molar refractivity (Wildman–Crippen MR) is 96.4 cm³/mol. The van der Waals surface area contributed by atoms with Gasteiger partial charge < -0.3 is 10.1 Å².